The highest BCUT2D eigenvalue weighted by Crippen LogP contribution is 2.15. The smallest absolute Gasteiger partial charge is 0.223 e. The summed E-state index contributed by atoms with van der Waals surface area (Å²) < 4.78 is 7.98. The number of benzene rings is 2. The highest BCUT2D eigenvalue weighted by Gasteiger charge is 2.09. The SMILES string of the molecule is Cc1c(OCc2ccccc2)c(=O)ccn1CCCCCNCc1ccccc1. The topological polar surface area (TPSA) is 43.3 Å². The van der Waals surface area contributed by atoms with Gasteiger partial charge in [-0.1, -0.05) is 67.1 Å². The Hall–Kier alpha value is -2.85. The van der Waals surface area contributed by atoms with Gasteiger partial charge in [-0.3, -0.25) is 4.79 Å². The van der Waals surface area contributed by atoms with Crippen molar-refractivity contribution in [1.29, 1.82) is 0 Å². The maximum atomic E-state index is 12.2. The molecule has 0 aliphatic rings. The summed E-state index contributed by atoms with van der Waals surface area (Å²) in [7, 11) is 0. The average molecular weight is 391 g/mol. The van der Waals surface area contributed by atoms with Crippen LogP contribution in [0.5, 0.6) is 5.75 Å². The molecule has 3 rings (SSSR count). The van der Waals surface area contributed by atoms with Crippen LogP contribution in [-0.4, -0.2) is 11.1 Å². The molecule has 0 spiro atoms. The van der Waals surface area contributed by atoms with E-state index in [1.54, 1.807) is 6.07 Å². The van der Waals surface area contributed by atoms with Crippen LogP contribution >= 0.6 is 0 Å². The number of hydrogen-bond donors (Lipinski definition) is 1. The van der Waals surface area contributed by atoms with E-state index in [4.69, 9.17) is 4.74 Å². The van der Waals surface area contributed by atoms with Gasteiger partial charge in [-0.05, 0) is 37.4 Å². The van der Waals surface area contributed by atoms with Crippen molar-refractivity contribution in [3.05, 3.63) is 100.0 Å². The first-order valence-electron chi connectivity index (χ1n) is 10.4. The molecular weight excluding hydrogens is 360 g/mol. The first-order valence-corrected chi connectivity index (χ1v) is 10.4. The Morgan fingerprint density at radius 3 is 2.28 bits per heavy atom. The number of nitrogens with zero attached hydrogens (tertiary/aromatic N) is 1. The highest BCUT2D eigenvalue weighted by molar-refractivity contribution is 5.28. The van der Waals surface area contributed by atoms with Crippen LogP contribution in [0.2, 0.25) is 0 Å². The fourth-order valence-corrected chi connectivity index (χ4v) is 3.34. The highest BCUT2D eigenvalue weighted by atomic mass is 16.5. The van der Waals surface area contributed by atoms with Crippen molar-refractivity contribution in [1.82, 2.24) is 9.88 Å². The van der Waals surface area contributed by atoms with Crippen molar-refractivity contribution < 1.29 is 4.74 Å². The minimum atomic E-state index is -0.0557. The van der Waals surface area contributed by atoms with Gasteiger partial charge in [0.1, 0.15) is 6.61 Å². The molecule has 1 N–H and O–H groups in total. The normalized spacial score (nSPS) is 10.8. The number of aryl methyl sites for hydroxylation is 1. The standard InChI is InChI=1S/C25H30N2O2/c1-21-25(29-20-23-13-7-3-8-14-23)24(28)15-18-27(21)17-10-4-9-16-26-19-22-11-5-2-6-12-22/h2-3,5-8,11-15,18,26H,4,9-10,16-17,19-20H2,1H3. The van der Waals surface area contributed by atoms with Crippen LogP contribution in [0, 0.1) is 6.92 Å². The van der Waals surface area contributed by atoms with Crippen LogP contribution in [0.1, 0.15) is 36.1 Å². The summed E-state index contributed by atoms with van der Waals surface area (Å²) in [5.74, 6) is 0.459. The van der Waals surface area contributed by atoms with Gasteiger partial charge in [-0.15, -0.1) is 0 Å². The zero-order valence-corrected chi connectivity index (χ0v) is 17.1. The van der Waals surface area contributed by atoms with Crippen molar-refractivity contribution in [2.24, 2.45) is 0 Å². The molecule has 0 fully saturated rings. The fraction of sp³-hybridized carbons (Fsp3) is 0.320. The van der Waals surface area contributed by atoms with Gasteiger partial charge in [0.15, 0.2) is 5.75 Å². The summed E-state index contributed by atoms with van der Waals surface area (Å²) in [5, 5.41) is 3.49. The van der Waals surface area contributed by atoms with Crippen LogP contribution in [0.15, 0.2) is 77.7 Å². The van der Waals surface area contributed by atoms with Gasteiger partial charge in [-0.25, -0.2) is 0 Å². The molecule has 1 heterocycles. The second-order valence-electron chi connectivity index (χ2n) is 7.29. The van der Waals surface area contributed by atoms with Crippen LogP contribution in [0.25, 0.3) is 0 Å². The van der Waals surface area contributed by atoms with Crippen molar-refractivity contribution >= 4 is 0 Å². The Balaban J connectivity index is 1.41. The molecule has 0 bridgehead atoms. The number of pyridine rings is 1. The van der Waals surface area contributed by atoms with E-state index in [0.29, 0.717) is 12.4 Å². The first-order chi connectivity index (χ1) is 14.2. The third-order valence-electron chi connectivity index (χ3n) is 5.04. The molecule has 0 atom stereocenters. The molecule has 0 aliphatic heterocycles. The van der Waals surface area contributed by atoms with Crippen LogP contribution in [0.4, 0.5) is 0 Å². The Morgan fingerprint density at radius 1 is 0.862 bits per heavy atom. The fourth-order valence-electron chi connectivity index (χ4n) is 3.34. The van der Waals surface area contributed by atoms with E-state index < -0.39 is 0 Å². The summed E-state index contributed by atoms with van der Waals surface area (Å²) in [5.41, 5.74) is 3.22. The number of ether oxygens (including phenoxy) is 1. The minimum absolute atomic E-state index is 0.0557. The van der Waals surface area contributed by atoms with Crippen LogP contribution in [0.3, 0.4) is 0 Å². The van der Waals surface area contributed by atoms with E-state index in [0.717, 1.165) is 50.2 Å². The van der Waals surface area contributed by atoms with E-state index in [-0.39, 0.29) is 5.43 Å². The lowest BCUT2D eigenvalue weighted by molar-refractivity contribution is 0.296. The average Bonchev–Trinajstić information content (AvgIpc) is 2.76. The van der Waals surface area contributed by atoms with E-state index in [9.17, 15) is 4.79 Å². The summed E-state index contributed by atoms with van der Waals surface area (Å²) in [6, 6.07) is 22.0. The Bertz CT molecular complexity index is 921. The van der Waals surface area contributed by atoms with Crippen molar-refractivity contribution in [2.75, 3.05) is 6.54 Å². The minimum Gasteiger partial charge on any atom is -0.483 e. The molecule has 152 valence electrons. The molecule has 0 radical (unpaired) electrons. The van der Waals surface area contributed by atoms with E-state index in [1.807, 2.05) is 49.5 Å². The van der Waals surface area contributed by atoms with E-state index in [1.165, 1.54) is 5.56 Å². The molecule has 0 saturated carbocycles. The molecule has 2 aromatic carbocycles. The number of nitrogens with one attached hydrogen (secondary N) is 1. The molecule has 0 unspecified atom stereocenters. The molecule has 4 heteroatoms. The Labute approximate surface area is 173 Å². The zero-order chi connectivity index (χ0) is 20.3. The second kappa shape index (κ2) is 11.2. The van der Waals surface area contributed by atoms with Gasteiger partial charge in [0.05, 0.1) is 5.69 Å². The lowest BCUT2D eigenvalue weighted by atomic mass is 10.2. The predicted octanol–water partition coefficient (Wildman–Crippen LogP) is 4.70. The van der Waals surface area contributed by atoms with Crippen molar-refractivity contribution in [3.8, 4) is 5.75 Å². The van der Waals surface area contributed by atoms with Gasteiger partial charge in [0.25, 0.3) is 0 Å². The third-order valence-corrected chi connectivity index (χ3v) is 5.04. The molecule has 0 amide bonds. The van der Waals surface area contributed by atoms with Crippen LogP contribution in [-0.2, 0) is 19.7 Å². The third kappa shape index (κ3) is 6.61. The van der Waals surface area contributed by atoms with Gasteiger partial charge >= 0.3 is 0 Å². The molecule has 3 aromatic rings. The Morgan fingerprint density at radius 2 is 1.55 bits per heavy atom. The quantitative estimate of drug-likeness (QED) is 0.483. The zero-order valence-electron chi connectivity index (χ0n) is 17.1. The number of unbranched alkanes of at least 4 members (excludes halogenated alkanes) is 2. The van der Waals surface area contributed by atoms with E-state index in [2.05, 4.69) is 34.1 Å². The number of rotatable bonds is 11. The maximum Gasteiger partial charge on any atom is 0.223 e. The molecule has 0 saturated heterocycles. The van der Waals surface area contributed by atoms with Gasteiger partial charge in [-0.2, -0.15) is 0 Å². The summed E-state index contributed by atoms with van der Waals surface area (Å²) in [6.07, 6.45) is 5.24. The van der Waals surface area contributed by atoms with Gasteiger partial charge in [0, 0.05) is 25.4 Å². The largest absolute Gasteiger partial charge is 0.483 e. The predicted molar refractivity (Wildman–Crippen MR) is 118 cm³/mol. The van der Waals surface area contributed by atoms with Crippen LogP contribution < -0.4 is 15.5 Å². The first kappa shape index (κ1) is 20.9. The molecular formula is C25H30N2O2. The molecule has 1 aromatic heterocycles. The lowest BCUT2D eigenvalue weighted by Crippen LogP contribution is -2.16. The van der Waals surface area contributed by atoms with E-state index >= 15 is 0 Å². The second-order valence-corrected chi connectivity index (χ2v) is 7.29. The lowest BCUT2D eigenvalue weighted by Gasteiger charge is -2.15. The van der Waals surface area contributed by atoms with Gasteiger partial charge < -0.3 is 14.6 Å². The summed E-state index contributed by atoms with van der Waals surface area (Å²) >= 11 is 0. The number of aromatic nitrogens is 1. The molecule has 0 aliphatic carbocycles. The molecule has 4 nitrogen and oxygen atoms in total. The Kier molecular flexibility index (Phi) is 8.08. The van der Waals surface area contributed by atoms with Crippen molar-refractivity contribution in [3.63, 3.8) is 0 Å². The molecule has 29 heavy (non-hydrogen) atoms. The van der Waals surface area contributed by atoms with Gasteiger partial charge in [0.2, 0.25) is 5.43 Å². The summed E-state index contributed by atoms with van der Waals surface area (Å²) in [6.45, 7) is 5.20. The monoisotopic (exact) mass is 390 g/mol. The summed E-state index contributed by atoms with van der Waals surface area (Å²) in [4.78, 5) is 12.2. The maximum absolute atomic E-state index is 12.2. The number of hydrogen-bond acceptors (Lipinski definition) is 3. The van der Waals surface area contributed by atoms with Crippen molar-refractivity contribution in [2.45, 2.75) is 45.9 Å².